The Morgan fingerprint density at radius 1 is 0.833 bits per heavy atom. The number of rotatable bonds is 28. The standard InChI is InChI=1S/C75H90ClF4N11O10S/c1-9-10-32-100-73(96)91-51-22-23-52(91)41-89(40-51)69-57-36-58(76)62(66-63(75(78,79)80)45(2)34-60(83-66)88(38-48-16-24-55(97-7)25-17-48)39-49-18-26-56(98-8)27-19-49)64(77)65(57)85-72(86-69)101-43-53-13-11-29-87(53)30-12-31-99-33-28-61(93)84-68(74(4,5)6)71(95)90-42-54(92)35-59(90)70(94)81-37-47-14-20-50(21-15-47)67-46(3)82-44-102-67/h14-21,24-27,34,36,44,51-54,59,68,92H,9-13,22-23,28-33,35,37-43H2,1-8H3,(H,81,94)(H,84,93)/t51?,52?,53-,54+,59-,68+/m0/s1. The van der Waals surface area contributed by atoms with Gasteiger partial charge in [0.15, 0.2) is 5.82 Å². The molecule has 11 rings (SSSR count). The summed E-state index contributed by atoms with van der Waals surface area (Å²) < 4.78 is 94.2. The molecule has 7 aromatic rings. The van der Waals surface area contributed by atoms with Gasteiger partial charge in [0.2, 0.25) is 17.7 Å². The predicted octanol–water partition coefficient (Wildman–Crippen LogP) is 12.5. The SMILES string of the molecule is CCCCOC(=O)N1C2CCC1CN(c1nc(OC[C@@H]3CCCN3CCCOCCC(=O)N[C@H](C(=O)N3C[C@H](O)C[C@H]3C(=O)NCc3ccc(-c4scnc4C)cc3)C(C)(C)C)nc3c(F)c(-c4nc(N(Cc5ccc(OC)cc5)Cc5ccc(OC)cc5)cc(C)c4C(F)(F)F)c(Cl)cc13)C2. The number of aliphatic hydroxyl groups excluding tert-OH is 1. The van der Waals surface area contributed by atoms with Crippen LogP contribution in [0.15, 0.2) is 90.4 Å². The quantitative estimate of drug-likeness (QED) is 0.0306. The molecule has 7 heterocycles. The van der Waals surface area contributed by atoms with Gasteiger partial charge in [-0.3, -0.25) is 24.2 Å². The lowest BCUT2D eigenvalue weighted by Crippen LogP contribution is -2.57. The van der Waals surface area contributed by atoms with E-state index < -0.39 is 76.2 Å². The Balaban J connectivity index is 0.775. The van der Waals surface area contributed by atoms with Crippen LogP contribution in [0, 0.1) is 25.1 Å². The summed E-state index contributed by atoms with van der Waals surface area (Å²) in [4.78, 5) is 83.9. The molecule has 2 bridgehead atoms. The van der Waals surface area contributed by atoms with Gasteiger partial charge in [-0.25, -0.2) is 19.2 Å². The Kier molecular flexibility index (Phi) is 24.1. The molecule has 4 fully saturated rings. The molecule has 0 spiro atoms. The van der Waals surface area contributed by atoms with Gasteiger partial charge < -0.3 is 54.1 Å². The number of aliphatic hydroxyl groups is 1. The van der Waals surface area contributed by atoms with Crippen LogP contribution in [-0.4, -0.2) is 173 Å². The Labute approximate surface area is 601 Å². The fraction of sp³-hybridized carbons (Fsp3) is 0.493. The zero-order chi connectivity index (χ0) is 72.6. The molecule has 0 radical (unpaired) electrons. The third-order valence-corrected chi connectivity index (χ3v) is 20.8. The summed E-state index contributed by atoms with van der Waals surface area (Å²) in [5.41, 5.74) is 2.42. The molecule has 3 aromatic heterocycles. The molecule has 4 aromatic carbocycles. The van der Waals surface area contributed by atoms with Gasteiger partial charge in [-0.2, -0.15) is 23.1 Å². The number of piperazine rings is 1. The smallest absolute Gasteiger partial charge is 0.418 e. The van der Waals surface area contributed by atoms with Crippen molar-refractivity contribution >= 4 is 69.3 Å². The topological polar surface area (TPSA) is 226 Å². The molecular weight excluding hydrogens is 1360 g/mol. The molecule has 2 unspecified atom stereocenters. The largest absolute Gasteiger partial charge is 0.497 e. The van der Waals surface area contributed by atoms with E-state index in [-0.39, 0.29) is 129 Å². The number of hydrogen-bond acceptors (Lipinski definition) is 18. The molecule has 546 valence electrons. The number of aryl methyl sites for hydroxylation is 2. The van der Waals surface area contributed by atoms with E-state index in [0.29, 0.717) is 50.3 Å². The normalized spacial score (nSPS) is 18.8. The van der Waals surface area contributed by atoms with Crippen LogP contribution in [0.4, 0.5) is 34.0 Å². The molecule has 4 aliphatic heterocycles. The average molecular weight is 1450 g/mol. The molecule has 21 nitrogen and oxygen atoms in total. The lowest BCUT2D eigenvalue weighted by Gasteiger charge is -2.41. The Morgan fingerprint density at radius 3 is 2.12 bits per heavy atom. The minimum Gasteiger partial charge on any atom is -0.497 e. The van der Waals surface area contributed by atoms with Gasteiger partial charge >= 0.3 is 18.3 Å². The molecule has 0 saturated carbocycles. The van der Waals surface area contributed by atoms with Gasteiger partial charge in [0.1, 0.15) is 47.3 Å². The van der Waals surface area contributed by atoms with Crippen molar-refractivity contribution in [3.05, 3.63) is 135 Å². The van der Waals surface area contributed by atoms with Crippen LogP contribution in [0.5, 0.6) is 17.5 Å². The zero-order valence-corrected chi connectivity index (χ0v) is 60.5. The maximum atomic E-state index is 18.3. The maximum absolute atomic E-state index is 18.3. The number of pyridine rings is 1. The fourth-order valence-electron chi connectivity index (χ4n) is 14.1. The van der Waals surface area contributed by atoms with Crippen LogP contribution >= 0.6 is 22.9 Å². The number of amides is 4. The number of alkyl halides is 3. The van der Waals surface area contributed by atoms with Crippen LogP contribution in [0.3, 0.4) is 0 Å². The second-order valence-corrected chi connectivity index (χ2v) is 29.1. The van der Waals surface area contributed by atoms with Gasteiger partial charge in [0, 0.05) is 76.7 Å². The number of aromatic nitrogens is 4. The number of carbonyl (C=O) groups excluding carboxylic acids is 4. The number of ether oxygens (including phenoxy) is 5. The van der Waals surface area contributed by atoms with E-state index in [4.69, 9.17) is 45.3 Å². The van der Waals surface area contributed by atoms with E-state index >= 15 is 17.6 Å². The van der Waals surface area contributed by atoms with Gasteiger partial charge in [0.25, 0.3) is 0 Å². The van der Waals surface area contributed by atoms with Crippen LogP contribution in [-0.2, 0) is 49.7 Å². The summed E-state index contributed by atoms with van der Waals surface area (Å²) in [7, 11) is 3.10. The number of nitrogens with zero attached hydrogens (tertiary/aromatic N) is 9. The average Bonchev–Trinajstić information content (AvgIpc) is 0.793. The van der Waals surface area contributed by atoms with Crippen LogP contribution in [0.2, 0.25) is 5.02 Å². The first-order chi connectivity index (χ1) is 48.9. The number of nitrogens with one attached hydrogen (secondary N) is 2. The van der Waals surface area contributed by atoms with Crippen molar-refractivity contribution < 1.29 is 65.5 Å². The zero-order valence-electron chi connectivity index (χ0n) is 58.9. The molecule has 4 saturated heterocycles. The highest BCUT2D eigenvalue weighted by atomic mass is 35.5. The number of likely N-dealkylation sites (tertiary alicyclic amines) is 2. The molecule has 6 atom stereocenters. The van der Waals surface area contributed by atoms with Crippen molar-refractivity contribution in [1.29, 1.82) is 0 Å². The number of halogens is 5. The molecule has 0 aliphatic carbocycles. The third kappa shape index (κ3) is 17.6. The van der Waals surface area contributed by atoms with Gasteiger partial charge in [-0.05, 0) is 129 Å². The number of fused-ring (bicyclic) bond motifs is 3. The van der Waals surface area contributed by atoms with E-state index in [1.54, 1.807) is 65.1 Å². The van der Waals surface area contributed by atoms with Crippen LogP contribution in [0.25, 0.3) is 32.6 Å². The van der Waals surface area contributed by atoms with Crippen molar-refractivity contribution in [2.75, 3.05) is 83.2 Å². The predicted molar refractivity (Wildman–Crippen MR) is 382 cm³/mol. The highest BCUT2D eigenvalue weighted by Gasteiger charge is 2.47. The number of anilines is 2. The van der Waals surface area contributed by atoms with E-state index in [0.717, 1.165) is 58.6 Å². The molecule has 102 heavy (non-hydrogen) atoms. The number of hydrogen-bond donors (Lipinski definition) is 3. The highest BCUT2D eigenvalue weighted by molar-refractivity contribution is 7.13. The minimum atomic E-state index is -5.02. The summed E-state index contributed by atoms with van der Waals surface area (Å²) in [6.45, 7) is 13.9. The summed E-state index contributed by atoms with van der Waals surface area (Å²) in [6, 6.07) is 22.2. The number of benzene rings is 4. The second-order valence-electron chi connectivity index (χ2n) is 27.8. The van der Waals surface area contributed by atoms with Crippen LogP contribution in [0.1, 0.15) is 119 Å². The molecule has 4 amide bonds. The lowest BCUT2D eigenvalue weighted by atomic mass is 9.85. The first kappa shape index (κ1) is 74.7. The third-order valence-electron chi connectivity index (χ3n) is 19.5. The molecule has 3 N–H and O–H groups in total. The number of unbranched alkanes of at least 4 members (excludes halogenated alkanes) is 1. The monoisotopic (exact) mass is 1450 g/mol. The van der Waals surface area contributed by atoms with Crippen molar-refractivity contribution in [1.82, 2.24) is 45.3 Å². The number of methoxy groups -OCH3 is 2. The maximum Gasteiger partial charge on any atom is 0.418 e. The molecule has 4 aliphatic rings. The van der Waals surface area contributed by atoms with Gasteiger partial charge in [-0.15, -0.1) is 11.3 Å². The number of carbonyl (C=O) groups is 4. The van der Waals surface area contributed by atoms with Gasteiger partial charge in [0.05, 0.1) is 83.5 Å². The Morgan fingerprint density at radius 2 is 1.50 bits per heavy atom. The van der Waals surface area contributed by atoms with Crippen molar-refractivity contribution in [2.45, 2.75) is 161 Å². The van der Waals surface area contributed by atoms with Gasteiger partial charge in [-0.1, -0.05) is 94.2 Å². The summed E-state index contributed by atoms with van der Waals surface area (Å²) in [5.74, 6) is -0.844. The van der Waals surface area contributed by atoms with Crippen molar-refractivity contribution in [3.8, 4) is 39.2 Å². The van der Waals surface area contributed by atoms with Crippen LogP contribution < -0.4 is 34.6 Å². The summed E-state index contributed by atoms with van der Waals surface area (Å²) in [6.07, 6.45) is -1.26. The van der Waals surface area contributed by atoms with E-state index in [9.17, 15) is 24.3 Å². The summed E-state index contributed by atoms with van der Waals surface area (Å²) >= 11 is 8.70. The highest BCUT2D eigenvalue weighted by Crippen LogP contribution is 2.47. The van der Waals surface area contributed by atoms with E-state index in [2.05, 4.69) is 25.5 Å². The Bertz CT molecular complexity index is 4030. The number of thiazole rings is 1. The van der Waals surface area contributed by atoms with E-state index in [1.807, 2.05) is 88.0 Å². The van der Waals surface area contributed by atoms with Crippen molar-refractivity contribution in [3.63, 3.8) is 0 Å². The second kappa shape index (κ2) is 32.9. The van der Waals surface area contributed by atoms with E-state index in [1.165, 1.54) is 24.0 Å². The lowest BCUT2D eigenvalue weighted by molar-refractivity contribution is -0.144. The molecule has 27 heteroatoms. The molecular formula is C75H90ClF4N11O10S. The first-order valence-electron chi connectivity index (χ1n) is 34.9. The number of β-amino-alcohol motifs (C(OH)–C–C–N with tert-alkyl or cyclic N) is 1. The summed E-state index contributed by atoms with van der Waals surface area (Å²) in [5, 5.41) is 16.4. The first-order valence-corrected chi connectivity index (χ1v) is 36.1. The minimum absolute atomic E-state index is 0.0417. The van der Waals surface area contributed by atoms with Crippen molar-refractivity contribution in [2.24, 2.45) is 5.41 Å². The Hall–Kier alpha value is -8.43. The fourth-order valence-corrected chi connectivity index (χ4v) is 15.2.